The zero-order chi connectivity index (χ0) is 13.9. The number of aryl methyl sites for hydroxylation is 1. The van der Waals surface area contributed by atoms with Gasteiger partial charge in [-0.2, -0.15) is 5.10 Å². The van der Waals surface area contributed by atoms with E-state index >= 15 is 0 Å². The lowest BCUT2D eigenvalue weighted by Gasteiger charge is -2.11. The molecule has 0 saturated heterocycles. The van der Waals surface area contributed by atoms with Gasteiger partial charge in [0.25, 0.3) is 5.91 Å². The summed E-state index contributed by atoms with van der Waals surface area (Å²) in [4.78, 5) is 16.1. The molecule has 4 nitrogen and oxygen atoms in total. The van der Waals surface area contributed by atoms with E-state index in [2.05, 4.69) is 10.1 Å². The minimum absolute atomic E-state index is 0.0211. The maximum atomic E-state index is 12.1. The molecule has 0 saturated carbocycles. The van der Waals surface area contributed by atoms with Gasteiger partial charge in [-0.25, -0.2) is 5.01 Å². The Balaban J connectivity index is 1.80. The van der Waals surface area contributed by atoms with Gasteiger partial charge in [-0.05, 0) is 30.7 Å². The number of hydrazone groups is 1. The summed E-state index contributed by atoms with van der Waals surface area (Å²) in [5.74, 6) is 0.0211. The summed E-state index contributed by atoms with van der Waals surface area (Å²) >= 11 is 0. The number of carbonyl (C=O) groups excluding carboxylic acids is 1. The van der Waals surface area contributed by atoms with Gasteiger partial charge in [-0.3, -0.25) is 9.78 Å². The molecule has 0 fully saturated rings. The lowest BCUT2D eigenvalue weighted by Crippen LogP contribution is -2.19. The summed E-state index contributed by atoms with van der Waals surface area (Å²) < 4.78 is 0. The molecule has 0 aliphatic carbocycles. The molecule has 0 spiro atoms. The molecule has 0 radical (unpaired) electrons. The molecule has 1 aromatic carbocycles. The van der Waals surface area contributed by atoms with Gasteiger partial charge < -0.3 is 0 Å². The number of hydrogen-bond acceptors (Lipinski definition) is 3. The molecule has 1 aliphatic heterocycles. The van der Waals surface area contributed by atoms with E-state index in [-0.39, 0.29) is 5.91 Å². The van der Waals surface area contributed by atoms with Gasteiger partial charge in [-0.1, -0.05) is 23.8 Å². The SMILES string of the molecule is Cc1ccc(N2N=C(Cc3cccnc3)CC2=O)cc1. The van der Waals surface area contributed by atoms with E-state index in [0.717, 1.165) is 17.0 Å². The third-order valence-corrected chi connectivity index (χ3v) is 3.24. The van der Waals surface area contributed by atoms with Gasteiger partial charge in [-0.15, -0.1) is 0 Å². The van der Waals surface area contributed by atoms with Crippen molar-refractivity contribution in [3.63, 3.8) is 0 Å². The molecule has 2 heterocycles. The van der Waals surface area contributed by atoms with Gasteiger partial charge in [0, 0.05) is 18.8 Å². The smallest absolute Gasteiger partial charge is 0.253 e. The Morgan fingerprint density at radius 2 is 2.00 bits per heavy atom. The van der Waals surface area contributed by atoms with E-state index in [1.165, 1.54) is 10.6 Å². The second kappa shape index (κ2) is 5.25. The minimum atomic E-state index is 0.0211. The number of carbonyl (C=O) groups is 1. The molecular weight excluding hydrogens is 250 g/mol. The fraction of sp³-hybridized carbons (Fsp3) is 0.188. The summed E-state index contributed by atoms with van der Waals surface area (Å²) in [6.45, 7) is 2.02. The average Bonchev–Trinajstić information content (AvgIpc) is 2.81. The molecule has 0 N–H and O–H groups in total. The molecule has 0 unspecified atom stereocenters. The van der Waals surface area contributed by atoms with Crippen molar-refractivity contribution in [1.82, 2.24) is 4.98 Å². The molecular formula is C16H15N3O. The van der Waals surface area contributed by atoms with Crippen molar-refractivity contribution < 1.29 is 4.79 Å². The van der Waals surface area contributed by atoms with Crippen LogP contribution in [-0.4, -0.2) is 16.6 Å². The van der Waals surface area contributed by atoms with Crippen molar-refractivity contribution in [2.24, 2.45) is 5.10 Å². The number of benzene rings is 1. The lowest BCUT2D eigenvalue weighted by molar-refractivity contribution is -0.116. The zero-order valence-corrected chi connectivity index (χ0v) is 11.3. The number of pyridine rings is 1. The number of amides is 1. The van der Waals surface area contributed by atoms with Crippen molar-refractivity contribution in [1.29, 1.82) is 0 Å². The number of aromatic nitrogens is 1. The molecule has 1 aliphatic rings. The Morgan fingerprint density at radius 1 is 1.20 bits per heavy atom. The number of nitrogens with zero attached hydrogens (tertiary/aromatic N) is 3. The number of hydrogen-bond donors (Lipinski definition) is 0. The van der Waals surface area contributed by atoms with Crippen LogP contribution in [-0.2, 0) is 11.2 Å². The molecule has 2 aromatic rings. The van der Waals surface area contributed by atoms with Crippen molar-refractivity contribution >= 4 is 17.3 Å². The summed E-state index contributed by atoms with van der Waals surface area (Å²) in [6.07, 6.45) is 4.59. The Hall–Kier alpha value is -2.49. The van der Waals surface area contributed by atoms with Gasteiger partial charge in [0.2, 0.25) is 0 Å². The van der Waals surface area contributed by atoms with Crippen molar-refractivity contribution in [3.05, 3.63) is 59.9 Å². The van der Waals surface area contributed by atoms with Crippen LogP contribution in [0.15, 0.2) is 53.9 Å². The van der Waals surface area contributed by atoms with Crippen molar-refractivity contribution in [3.8, 4) is 0 Å². The second-order valence-electron chi connectivity index (χ2n) is 4.92. The molecule has 1 amide bonds. The van der Waals surface area contributed by atoms with Crippen LogP contribution >= 0.6 is 0 Å². The normalized spacial score (nSPS) is 14.6. The van der Waals surface area contributed by atoms with Crippen LogP contribution in [0.25, 0.3) is 0 Å². The van der Waals surface area contributed by atoms with Crippen LogP contribution < -0.4 is 5.01 Å². The first-order chi connectivity index (χ1) is 9.72. The third kappa shape index (κ3) is 2.59. The zero-order valence-electron chi connectivity index (χ0n) is 11.3. The molecule has 0 atom stereocenters. The van der Waals surface area contributed by atoms with Crippen LogP contribution in [0.3, 0.4) is 0 Å². The van der Waals surface area contributed by atoms with Gasteiger partial charge in [0.15, 0.2) is 0 Å². The fourth-order valence-corrected chi connectivity index (χ4v) is 2.21. The van der Waals surface area contributed by atoms with Gasteiger partial charge in [0.1, 0.15) is 0 Å². The highest BCUT2D eigenvalue weighted by molar-refractivity contribution is 6.13. The quantitative estimate of drug-likeness (QED) is 0.856. The summed E-state index contributed by atoms with van der Waals surface area (Å²) in [7, 11) is 0. The Morgan fingerprint density at radius 3 is 2.70 bits per heavy atom. The van der Waals surface area contributed by atoms with Gasteiger partial charge in [0.05, 0.1) is 17.8 Å². The van der Waals surface area contributed by atoms with Crippen LogP contribution in [0, 0.1) is 6.92 Å². The maximum Gasteiger partial charge on any atom is 0.253 e. The van der Waals surface area contributed by atoms with E-state index in [9.17, 15) is 4.79 Å². The first-order valence-electron chi connectivity index (χ1n) is 6.57. The topological polar surface area (TPSA) is 45.6 Å². The summed E-state index contributed by atoms with van der Waals surface area (Å²) in [5.41, 5.74) is 3.94. The molecule has 1 aromatic heterocycles. The van der Waals surface area contributed by atoms with Crippen LogP contribution in [0.5, 0.6) is 0 Å². The molecule has 4 heteroatoms. The highest BCUT2D eigenvalue weighted by atomic mass is 16.2. The minimum Gasteiger partial charge on any atom is -0.272 e. The predicted molar refractivity (Wildman–Crippen MR) is 78.7 cm³/mol. The largest absolute Gasteiger partial charge is 0.272 e. The Labute approximate surface area is 117 Å². The Kier molecular flexibility index (Phi) is 3.29. The van der Waals surface area contributed by atoms with Crippen LogP contribution in [0.1, 0.15) is 17.5 Å². The van der Waals surface area contributed by atoms with Crippen LogP contribution in [0.2, 0.25) is 0 Å². The first-order valence-corrected chi connectivity index (χ1v) is 6.57. The summed E-state index contributed by atoms with van der Waals surface area (Å²) in [5, 5.41) is 5.93. The lowest BCUT2D eigenvalue weighted by atomic mass is 10.1. The molecule has 20 heavy (non-hydrogen) atoms. The Bertz CT molecular complexity index is 647. The molecule has 3 rings (SSSR count). The number of anilines is 1. The summed E-state index contributed by atoms with van der Waals surface area (Å²) in [6, 6.07) is 11.7. The third-order valence-electron chi connectivity index (χ3n) is 3.24. The van der Waals surface area contributed by atoms with Crippen molar-refractivity contribution in [2.75, 3.05) is 5.01 Å². The monoisotopic (exact) mass is 265 g/mol. The van der Waals surface area contributed by atoms with E-state index in [1.54, 1.807) is 6.20 Å². The van der Waals surface area contributed by atoms with E-state index in [0.29, 0.717) is 12.8 Å². The van der Waals surface area contributed by atoms with E-state index in [1.807, 2.05) is 49.5 Å². The van der Waals surface area contributed by atoms with E-state index < -0.39 is 0 Å². The second-order valence-corrected chi connectivity index (χ2v) is 4.92. The first kappa shape index (κ1) is 12.5. The maximum absolute atomic E-state index is 12.1. The highest BCUT2D eigenvalue weighted by Crippen LogP contribution is 2.21. The predicted octanol–water partition coefficient (Wildman–Crippen LogP) is 2.73. The standard InChI is InChI=1S/C16H15N3O/c1-12-4-6-15(7-5-12)19-16(20)10-14(18-19)9-13-3-2-8-17-11-13/h2-8,11H,9-10H2,1H3. The van der Waals surface area contributed by atoms with Gasteiger partial charge >= 0.3 is 0 Å². The highest BCUT2D eigenvalue weighted by Gasteiger charge is 2.24. The van der Waals surface area contributed by atoms with Crippen LogP contribution in [0.4, 0.5) is 5.69 Å². The fourth-order valence-electron chi connectivity index (χ4n) is 2.21. The number of rotatable bonds is 3. The van der Waals surface area contributed by atoms with Crippen molar-refractivity contribution in [2.45, 2.75) is 19.8 Å². The van der Waals surface area contributed by atoms with E-state index in [4.69, 9.17) is 0 Å². The molecule has 0 bridgehead atoms. The average molecular weight is 265 g/mol. The molecule has 100 valence electrons.